The number of phenols is 1. The van der Waals surface area contributed by atoms with Gasteiger partial charge >= 0.3 is 6.18 Å². The molecule has 9 heteroatoms. The van der Waals surface area contributed by atoms with Gasteiger partial charge < -0.3 is 10.8 Å². The van der Waals surface area contributed by atoms with E-state index in [1.807, 2.05) is 0 Å². The van der Waals surface area contributed by atoms with Gasteiger partial charge in [-0.3, -0.25) is 0 Å². The van der Waals surface area contributed by atoms with Gasteiger partial charge in [-0.1, -0.05) is 0 Å². The number of hydrogen-bond donors (Lipinski definition) is 2. The van der Waals surface area contributed by atoms with Crippen LogP contribution in [-0.4, -0.2) is 21.0 Å². The summed E-state index contributed by atoms with van der Waals surface area (Å²) in [5, 5.41) is 13.7. The summed E-state index contributed by atoms with van der Waals surface area (Å²) in [6, 6.07) is 1.59. The monoisotopic (exact) mass is 362 g/mol. The molecule has 0 saturated heterocycles. The first-order chi connectivity index (χ1) is 9.68. The molecule has 5 nitrogen and oxygen atoms in total. The molecule has 0 saturated carbocycles. The van der Waals surface area contributed by atoms with Gasteiger partial charge in [0.25, 0.3) is 0 Å². The highest BCUT2D eigenvalue weighted by atomic mass is 79.9. The standard InChI is InChI=1S/C12H10BrF3N4O/c1-6-5-20(11(17)19-6)18-4-7-2-8(12(14,15)16)3-9(13)10(7)21/h2-5,21H,1H3,(H2,17,19). The summed E-state index contributed by atoms with van der Waals surface area (Å²) < 4.78 is 39.3. The number of benzene rings is 1. The number of alkyl halides is 3. The van der Waals surface area contributed by atoms with E-state index in [-0.39, 0.29) is 21.7 Å². The van der Waals surface area contributed by atoms with Gasteiger partial charge in [0.05, 0.1) is 28.1 Å². The molecule has 2 rings (SSSR count). The molecule has 0 fully saturated rings. The molecule has 0 spiro atoms. The van der Waals surface area contributed by atoms with Crippen molar-refractivity contribution in [2.75, 3.05) is 5.73 Å². The van der Waals surface area contributed by atoms with Crippen LogP contribution >= 0.6 is 15.9 Å². The van der Waals surface area contributed by atoms with Crippen molar-refractivity contribution in [2.24, 2.45) is 5.10 Å². The molecule has 0 atom stereocenters. The number of nitrogens with two attached hydrogens (primary N) is 1. The Labute approximate surface area is 126 Å². The Balaban J connectivity index is 2.44. The van der Waals surface area contributed by atoms with Gasteiger partial charge in [0, 0.05) is 5.56 Å². The first-order valence-electron chi connectivity index (χ1n) is 5.64. The van der Waals surface area contributed by atoms with Gasteiger partial charge in [-0.05, 0) is 35.0 Å². The second-order valence-corrected chi connectivity index (χ2v) is 5.08. The molecule has 0 aliphatic carbocycles. The summed E-state index contributed by atoms with van der Waals surface area (Å²) in [7, 11) is 0. The van der Waals surface area contributed by atoms with Gasteiger partial charge in [0.2, 0.25) is 5.95 Å². The van der Waals surface area contributed by atoms with Gasteiger partial charge in [-0.2, -0.15) is 18.3 Å². The molecular formula is C12H10BrF3N4O. The van der Waals surface area contributed by atoms with E-state index in [0.29, 0.717) is 5.69 Å². The molecule has 112 valence electrons. The van der Waals surface area contributed by atoms with Crippen molar-refractivity contribution in [2.45, 2.75) is 13.1 Å². The fraction of sp³-hybridized carbons (Fsp3) is 0.167. The highest BCUT2D eigenvalue weighted by Crippen LogP contribution is 2.36. The zero-order valence-corrected chi connectivity index (χ0v) is 12.3. The van der Waals surface area contributed by atoms with Crippen LogP contribution in [0.5, 0.6) is 5.75 Å². The van der Waals surface area contributed by atoms with Gasteiger partial charge in [-0.15, -0.1) is 0 Å². The molecule has 21 heavy (non-hydrogen) atoms. The van der Waals surface area contributed by atoms with E-state index in [9.17, 15) is 18.3 Å². The molecule has 0 aliphatic rings. The number of imidazole rings is 1. The lowest BCUT2D eigenvalue weighted by molar-refractivity contribution is -0.137. The number of aryl methyl sites for hydroxylation is 1. The van der Waals surface area contributed by atoms with Crippen LogP contribution in [0.25, 0.3) is 0 Å². The summed E-state index contributed by atoms with van der Waals surface area (Å²) in [4.78, 5) is 3.90. The molecule has 2 aromatic rings. The summed E-state index contributed by atoms with van der Waals surface area (Å²) in [5.74, 6) is -0.253. The lowest BCUT2D eigenvalue weighted by Gasteiger charge is -2.10. The number of phenolic OH excluding ortho intramolecular Hbond substituents is 1. The average molecular weight is 363 g/mol. The lowest BCUT2D eigenvalue weighted by atomic mass is 10.1. The largest absolute Gasteiger partial charge is 0.506 e. The van der Waals surface area contributed by atoms with Crippen LogP contribution in [-0.2, 0) is 6.18 Å². The Morgan fingerprint density at radius 2 is 2.10 bits per heavy atom. The van der Waals surface area contributed by atoms with E-state index in [1.54, 1.807) is 6.92 Å². The first kappa shape index (κ1) is 15.4. The van der Waals surface area contributed by atoms with Crippen molar-refractivity contribution in [1.82, 2.24) is 9.66 Å². The maximum absolute atomic E-state index is 12.7. The maximum atomic E-state index is 12.7. The van der Waals surface area contributed by atoms with Crippen LogP contribution in [0.4, 0.5) is 19.1 Å². The molecule has 0 bridgehead atoms. The van der Waals surface area contributed by atoms with Gasteiger partial charge in [-0.25, -0.2) is 9.66 Å². The Morgan fingerprint density at radius 3 is 2.62 bits per heavy atom. The molecule has 0 radical (unpaired) electrons. The first-order valence-corrected chi connectivity index (χ1v) is 6.43. The van der Waals surface area contributed by atoms with Crippen molar-refractivity contribution < 1.29 is 18.3 Å². The third kappa shape index (κ3) is 3.35. The summed E-state index contributed by atoms with van der Waals surface area (Å²) >= 11 is 2.88. The maximum Gasteiger partial charge on any atom is 0.416 e. The average Bonchev–Trinajstić information content (AvgIpc) is 2.68. The topological polar surface area (TPSA) is 76.4 Å². The van der Waals surface area contributed by atoms with Crippen molar-refractivity contribution in [1.29, 1.82) is 0 Å². The number of nitrogen functional groups attached to an aromatic ring is 1. The molecule has 1 heterocycles. The number of nitrogens with zero attached hydrogens (tertiary/aromatic N) is 3. The fourth-order valence-electron chi connectivity index (χ4n) is 1.60. The van der Waals surface area contributed by atoms with Crippen molar-refractivity contribution >= 4 is 28.1 Å². The minimum Gasteiger partial charge on any atom is -0.506 e. The fourth-order valence-corrected chi connectivity index (χ4v) is 2.08. The smallest absolute Gasteiger partial charge is 0.416 e. The SMILES string of the molecule is Cc1cn(N=Cc2cc(C(F)(F)F)cc(Br)c2O)c(N)n1. The minimum absolute atomic E-state index is 0.0754. The number of halogens is 4. The molecular weight excluding hydrogens is 353 g/mol. The quantitative estimate of drug-likeness (QED) is 0.805. The van der Waals surface area contributed by atoms with Crippen LogP contribution < -0.4 is 5.73 Å². The zero-order valence-electron chi connectivity index (χ0n) is 10.7. The van der Waals surface area contributed by atoms with E-state index in [1.165, 1.54) is 10.9 Å². The third-order valence-electron chi connectivity index (χ3n) is 2.58. The summed E-state index contributed by atoms with van der Waals surface area (Å²) in [6.07, 6.45) is -1.94. The second-order valence-electron chi connectivity index (χ2n) is 4.22. The Morgan fingerprint density at radius 1 is 1.43 bits per heavy atom. The molecule has 0 amide bonds. The molecule has 1 aromatic carbocycles. The Bertz CT molecular complexity index is 709. The Kier molecular flexibility index (Phi) is 3.95. The van der Waals surface area contributed by atoms with Crippen LogP contribution in [0.3, 0.4) is 0 Å². The van der Waals surface area contributed by atoms with Gasteiger partial charge in [0.15, 0.2) is 0 Å². The Hall–Kier alpha value is -2.03. The van der Waals surface area contributed by atoms with E-state index in [4.69, 9.17) is 5.73 Å². The summed E-state index contributed by atoms with van der Waals surface area (Å²) in [6.45, 7) is 1.70. The number of rotatable bonds is 2. The zero-order chi connectivity index (χ0) is 15.8. The molecule has 3 N–H and O–H groups in total. The van der Waals surface area contributed by atoms with Crippen molar-refractivity contribution in [3.05, 3.63) is 39.6 Å². The predicted octanol–water partition coefficient (Wildman–Crippen LogP) is 3.14. The van der Waals surface area contributed by atoms with Crippen molar-refractivity contribution in [3.63, 3.8) is 0 Å². The third-order valence-corrected chi connectivity index (χ3v) is 3.18. The van der Waals surface area contributed by atoms with Crippen LogP contribution in [0.15, 0.2) is 27.9 Å². The molecule has 0 aliphatic heterocycles. The van der Waals surface area contributed by atoms with E-state index in [2.05, 4.69) is 26.0 Å². The highest BCUT2D eigenvalue weighted by Gasteiger charge is 2.31. The summed E-state index contributed by atoms with van der Waals surface area (Å²) in [5.41, 5.74) is 5.17. The van der Waals surface area contributed by atoms with Crippen LogP contribution in [0, 0.1) is 6.92 Å². The highest BCUT2D eigenvalue weighted by molar-refractivity contribution is 9.10. The number of aromatic nitrogens is 2. The molecule has 0 unspecified atom stereocenters. The second kappa shape index (κ2) is 5.40. The minimum atomic E-state index is -4.52. The van der Waals surface area contributed by atoms with Crippen LogP contribution in [0.1, 0.15) is 16.8 Å². The molecule has 1 aromatic heterocycles. The van der Waals surface area contributed by atoms with E-state index >= 15 is 0 Å². The predicted molar refractivity (Wildman–Crippen MR) is 75.2 cm³/mol. The van der Waals surface area contributed by atoms with E-state index < -0.39 is 11.7 Å². The number of hydrogen-bond acceptors (Lipinski definition) is 4. The number of anilines is 1. The van der Waals surface area contributed by atoms with E-state index in [0.717, 1.165) is 18.3 Å². The lowest BCUT2D eigenvalue weighted by Crippen LogP contribution is -2.06. The number of aromatic hydroxyl groups is 1. The van der Waals surface area contributed by atoms with Gasteiger partial charge in [0.1, 0.15) is 5.75 Å². The normalized spacial score (nSPS) is 12.2. The van der Waals surface area contributed by atoms with Crippen LogP contribution in [0.2, 0.25) is 0 Å². The van der Waals surface area contributed by atoms with Crippen molar-refractivity contribution in [3.8, 4) is 5.75 Å².